The third-order valence-electron chi connectivity index (χ3n) is 6.16. The number of para-hydroxylation sites is 1. The van der Waals surface area contributed by atoms with Crippen LogP contribution >= 0.6 is 0 Å². The van der Waals surface area contributed by atoms with Gasteiger partial charge in [0.25, 0.3) is 5.91 Å². The third-order valence-corrected chi connectivity index (χ3v) is 6.16. The Kier molecular flexibility index (Phi) is 8.39. The van der Waals surface area contributed by atoms with Gasteiger partial charge in [0.15, 0.2) is 5.76 Å². The summed E-state index contributed by atoms with van der Waals surface area (Å²) in [6, 6.07) is 18.5. The van der Waals surface area contributed by atoms with Gasteiger partial charge in [-0.25, -0.2) is 0 Å². The Labute approximate surface area is 210 Å². The van der Waals surface area contributed by atoms with Crippen LogP contribution in [0.4, 0.5) is 5.69 Å². The normalized spacial score (nSPS) is 14.1. The summed E-state index contributed by atoms with van der Waals surface area (Å²) in [5.41, 5.74) is 1.19. The predicted octanol–water partition coefficient (Wildman–Crippen LogP) is 4.24. The molecular weight excluding hydrogens is 458 g/mol. The largest absolute Gasteiger partial charge is 0.494 e. The van der Waals surface area contributed by atoms with Gasteiger partial charge in [-0.05, 0) is 61.7 Å². The summed E-state index contributed by atoms with van der Waals surface area (Å²) in [6.07, 6.45) is 5.36. The van der Waals surface area contributed by atoms with Gasteiger partial charge in [0, 0.05) is 11.7 Å². The summed E-state index contributed by atoms with van der Waals surface area (Å²) in [6.45, 7) is 2.12. The number of anilines is 1. The number of carbonyl (C=O) groups is 3. The summed E-state index contributed by atoms with van der Waals surface area (Å²) >= 11 is 0. The van der Waals surface area contributed by atoms with Crippen LogP contribution in [0.2, 0.25) is 0 Å². The van der Waals surface area contributed by atoms with E-state index in [1.807, 2.05) is 13.0 Å². The summed E-state index contributed by atoms with van der Waals surface area (Å²) in [5.74, 6) is -0.410. The van der Waals surface area contributed by atoms with Crippen molar-refractivity contribution in [1.29, 1.82) is 0 Å². The van der Waals surface area contributed by atoms with E-state index in [-0.39, 0.29) is 24.3 Å². The number of carbonyl (C=O) groups excluding carboxylic acids is 3. The predicted molar refractivity (Wildman–Crippen MR) is 136 cm³/mol. The molecule has 1 fully saturated rings. The fourth-order valence-electron chi connectivity index (χ4n) is 4.44. The lowest BCUT2D eigenvalue weighted by Gasteiger charge is -2.32. The Balaban J connectivity index is 1.66. The highest BCUT2D eigenvalue weighted by atomic mass is 16.5. The van der Waals surface area contributed by atoms with E-state index in [4.69, 9.17) is 9.15 Å². The van der Waals surface area contributed by atoms with Crippen LogP contribution in [0.25, 0.3) is 0 Å². The average molecular weight is 490 g/mol. The number of nitrogens with zero attached hydrogens (tertiary/aromatic N) is 1. The maximum Gasteiger partial charge on any atom is 0.287 e. The summed E-state index contributed by atoms with van der Waals surface area (Å²) in [7, 11) is 0. The molecule has 2 N–H and O–H groups in total. The minimum absolute atomic E-state index is 0.0779. The van der Waals surface area contributed by atoms with Gasteiger partial charge in [-0.2, -0.15) is 0 Å². The number of ether oxygens (including phenoxy) is 1. The molecule has 1 atom stereocenters. The Bertz CT molecular complexity index is 1140. The van der Waals surface area contributed by atoms with Gasteiger partial charge in [0.1, 0.15) is 11.8 Å². The lowest BCUT2D eigenvalue weighted by molar-refractivity contribution is -0.126. The molecule has 1 saturated carbocycles. The molecule has 1 aromatic heterocycles. The molecule has 1 aliphatic carbocycles. The molecule has 0 bridgehead atoms. The van der Waals surface area contributed by atoms with Crippen LogP contribution in [-0.2, 0) is 9.59 Å². The van der Waals surface area contributed by atoms with Crippen molar-refractivity contribution < 1.29 is 23.5 Å². The molecule has 0 saturated heterocycles. The number of nitrogens with one attached hydrogen (secondary N) is 2. The lowest BCUT2D eigenvalue weighted by Crippen LogP contribution is -2.49. The first-order valence-corrected chi connectivity index (χ1v) is 12.3. The van der Waals surface area contributed by atoms with Crippen molar-refractivity contribution in [2.75, 3.05) is 18.1 Å². The van der Waals surface area contributed by atoms with Gasteiger partial charge in [0.2, 0.25) is 11.8 Å². The van der Waals surface area contributed by atoms with Crippen LogP contribution in [0.15, 0.2) is 77.4 Å². The Morgan fingerprint density at radius 2 is 1.72 bits per heavy atom. The van der Waals surface area contributed by atoms with Crippen LogP contribution in [0, 0.1) is 0 Å². The maximum atomic E-state index is 13.7. The Hall–Kier alpha value is -4.07. The summed E-state index contributed by atoms with van der Waals surface area (Å²) in [5, 5.41) is 5.75. The molecule has 3 aromatic rings. The Morgan fingerprint density at radius 3 is 2.36 bits per heavy atom. The van der Waals surface area contributed by atoms with Crippen LogP contribution < -0.4 is 20.3 Å². The minimum atomic E-state index is -0.934. The molecule has 1 unspecified atom stereocenters. The van der Waals surface area contributed by atoms with Crippen molar-refractivity contribution in [2.24, 2.45) is 0 Å². The molecular formula is C28H31N3O5. The lowest BCUT2D eigenvalue weighted by atomic mass is 10.0. The first kappa shape index (κ1) is 25.0. The van der Waals surface area contributed by atoms with Crippen molar-refractivity contribution >= 4 is 23.4 Å². The first-order valence-electron chi connectivity index (χ1n) is 12.3. The highest BCUT2D eigenvalue weighted by Crippen LogP contribution is 2.30. The molecule has 0 spiro atoms. The third kappa shape index (κ3) is 6.13. The first-order chi connectivity index (χ1) is 17.6. The van der Waals surface area contributed by atoms with E-state index in [2.05, 4.69) is 10.6 Å². The van der Waals surface area contributed by atoms with E-state index in [0.717, 1.165) is 25.7 Å². The van der Waals surface area contributed by atoms with Crippen LogP contribution in [-0.4, -0.2) is 36.9 Å². The molecule has 0 aliphatic heterocycles. The molecule has 1 heterocycles. The zero-order valence-electron chi connectivity index (χ0n) is 20.3. The van der Waals surface area contributed by atoms with E-state index in [1.165, 1.54) is 17.2 Å². The van der Waals surface area contributed by atoms with Gasteiger partial charge in [-0.15, -0.1) is 0 Å². The van der Waals surface area contributed by atoms with Gasteiger partial charge in [-0.3, -0.25) is 19.3 Å². The SMILES string of the molecule is CCOc1ccc(C(C(=O)NC2CCCC2)N(C(=O)CNC(=O)c2ccco2)c2ccccc2)cc1. The van der Waals surface area contributed by atoms with Crippen molar-refractivity contribution in [2.45, 2.75) is 44.7 Å². The van der Waals surface area contributed by atoms with Crippen molar-refractivity contribution in [3.8, 4) is 5.75 Å². The molecule has 36 heavy (non-hydrogen) atoms. The fraction of sp³-hybridized carbons (Fsp3) is 0.321. The van der Waals surface area contributed by atoms with Crippen LogP contribution in [0.5, 0.6) is 5.75 Å². The van der Waals surface area contributed by atoms with Crippen LogP contribution in [0.1, 0.15) is 54.8 Å². The average Bonchev–Trinajstić information content (AvgIpc) is 3.62. The monoisotopic (exact) mass is 489 g/mol. The second-order valence-corrected chi connectivity index (χ2v) is 8.65. The topological polar surface area (TPSA) is 101 Å². The highest BCUT2D eigenvalue weighted by Gasteiger charge is 2.34. The number of hydrogen-bond donors (Lipinski definition) is 2. The number of benzene rings is 2. The fourth-order valence-corrected chi connectivity index (χ4v) is 4.44. The van der Waals surface area contributed by atoms with Gasteiger partial charge in [-0.1, -0.05) is 43.2 Å². The van der Waals surface area contributed by atoms with Gasteiger partial charge in [0.05, 0.1) is 19.4 Å². The molecule has 188 valence electrons. The standard InChI is InChI=1S/C28H31N3O5/c1-2-35-23-16-14-20(15-17-23)26(28(34)30-21-9-6-7-10-21)31(22-11-4-3-5-12-22)25(32)19-29-27(33)24-13-8-18-36-24/h3-5,8,11-18,21,26H,2,6-7,9-10,19H2,1H3,(H,29,33)(H,30,34). The van der Waals surface area contributed by atoms with E-state index in [9.17, 15) is 14.4 Å². The minimum Gasteiger partial charge on any atom is -0.494 e. The number of amides is 3. The molecule has 0 radical (unpaired) electrons. The molecule has 8 nitrogen and oxygen atoms in total. The van der Waals surface area contributed by atoms with Crippen molar-refractivity contribution in [3.63, 3.8) is 0 Å². The highest BCUT2D eigenvalue weighted by molar-refractivity contribution is 6.04. The zero-order chi connectivity index (χ0) is 25.3. The second kappa shape index (κ2) is 12.1. The quantitative estimate of drug-likeness (QED) is 0.444. The van der Waals surface area contributed by atoms with E-state index in [0.29, 0.717) is 23.6 Å². The second-order valence-electron chi connectivity index (χ2n) is 8.65. The molecule has 1 aliphatic rings. The van der Waals surface area contributed by atoms with E-state index < -0.39 is 17.9 Å². The van der Waals surface area contributed by atoms with Crippen molar-refractivity contribution in [3.05, 3.63) is 84.3 Å². The van der Waals surface area contributed by atoms with E-state index in [1.54, 1.807) is 54.6 Å². The number of hydrogen-bond acceptors (Lipinski definition) is 5. The molecule has 4 rings (SSSR count). The summed E-state index contributed by atoms with van der Waals surface area (Å²) < 4.78 is 10.7. The molecule has 2 aromatic carbocycles. The maximum absolute atomic E-state index is 13.7. The number of rotatable bonds is 10. The van der Waals surface area contributed by atoms with Crippen molar-refractivity contribution in [1.82, 2.24) is 10.6 Å². The molecule has 8 heteroatoms. The van der Waals surface area contributed by atoms with E-state index >= 15 is 0 Å². The summed E-state index contributed by atoms with van der Waals surface area (Å²) in [4.78, 5) is 41.2. The van der Waals surface area contributed by atoms with Crippen LogP contribution in [0.3, 0.4) is 0 Å². The number of furan rings is 1. The molecule has 3 amide bonds. The zero-order valence-corrected chi connectivity index (χ0v) is 20.3. The van der Waals surface area contributed by atoms with Gasteiger partial charge >= 0.3 is 0 Å². The smallest absolute Gasteiger partial charge is 0.287 e. The Morgan fingerprint density at radius 1 is 1.00 bits per heavy atom. The van der Waals surface area contributed by atoms with Gasteiger partial charge < -0.3 is 19.8 Å².